The van der Waals surface area contributed by atoms with Crippen LogP contribution in [0.4, 0.5) is 4.79 Å². The summed E-state index contributed by atoms with van der Waals surface area (Å²) in [5, 5.41) is 3.64. The molecule has 104 valence electrons. The lowest BCUT2D eigenvalue weighted by molar-refractivity contribution is 0.180. The van der Waals surface area contributed by atoms with E-state index < -0.39 is 0 Å². The Labute approximate surface area is 110 Å². The number of urea groups is 1. The van der Waals surface area contributed by atoms with Gasteiger partial charge in [-0.15, -0.1) is 0 Å². The highest BCUT2D eigenvalue weighted by atomic mass is 16.2. The van der Waals surface area contributed by atoms with E-state index in [4.69, 9.17) is 5.73 Å². The van der Waals surface area contributed by atoms with Crippen molar-refractivity contribution in [3.63, 3.8) is 0 Å². The van der Waals surface area contributed by atoms with Gasteiger partial charge in [0.15, 0.2) is 0 Å². The van der Waals surface area contributed by atoms with Gasteiger partial charge in [0.05, 0.1) is 0 Å². The molecule has 0 aromatic rings. The molecule has 0 aromatic carbocycles. The molecule has 2 fully saturated rings. The van der Waals surface area contributed by atoms with Gasteiger partial charge in [-0.3, -0.25) is 4.90 Å². The molecule has 2 aliphatic heterocycles. The van der Waals surface area contributed by atoms with E-state index in [1.807, 2.05) is 0 Å². The molecule has 0 spiro atoms. The van der Waals surface area contributed by atoms with Crippen LogP contribution in [0, 0.1) is 0 Å². The zero-order valence-corrected chi connectivity index (χ0v) is 11.4. The molecular weight excluding hydrogens is 228 g/mol. The monoisotopic (exact) mass is 254 g/mol. The number of likely N-dealkylation sites (tertiary alicyclic amines) is 2. The number of piperidine rings is 1. The predicted octanol–water partition coefficient (Wildman–Crippen LogP) is 0.603. The van der Waals surface area contributed by atoms with E-state index in [1.54, 1.807) is 4.90 Å². The van der Waals surface area contributed by atoms with Crippen molar-refractivity contribution in [1.29, 1.82) is 0 Å². The van der Waals surface area contributed by atoms with E-state index in [2.05, 4.69) is 17.1 Å². The molecular formula is C13H26N4O. The van der Waals surface area contributed by atoms with E-state index in [-0.39, 0.29) is 6.03 Å². The molecule has 2 aliphatic rings. The molecule has 18 heavy (non-hydrogen) atoms. The molecule has 0 radical (unpaired) electrons. The van der Waals surface area contributed by atoms with Gasteiger partial charge < -0.3 is 16.0 Å². The summed E-state index contributed by atoms with van der Waals surface area (Å²) in [6.07, 6.45) is 4.74. The minimum absolute atomic E-state index is 0.279. The molecule has 1 atom stereocenters. The Kier molecular flexibility index (Phi) is 4.83. The molecule has 0 aromatic heterocycles. The first-order valence-electron chi connectivity index (χ1n) is 7.18. The van der Waals surface area contributed by atoms with Crippen molar-refractivity contribution in [2.45, 2.75) is 44.7 Å². The van der Waals surface area contributed by atoms with Crippen molar-refractivity contribution in [3.8, 4) is 0 Å². The fraction of sp³-hybridized carbons (Fsp3) is 0.923. The Morgan fingerprint density at radius 3 is 2.44 bits per heavy atom. The van der Waals surface area contributed by atoms with Gasteiger partial charge in [-0.1, -0.05) is 0 Å². The van der Waals surface area contributed by atoms with Crippen molar-refractivity contribution in [2.24, 2.45) is 5.73 Å². The van der Waals surface area contributed by atoms with Crippen LogP contribution in [0.2, 0.25) is 0 Å². The third-order valence-corrected chi connectivity index (χ3v) is 4.27. The lowest BCUT2D eigenvalue weighted by atomic mass is 10.1. The third kappa shape index (κ3) is 3.59. The van der Waals surface area contributed by atoms with Crippen LogP contribution < -0.4 is 11.1 Å². The normalized spacial score (nSPS) is 24.4. The number of primary amides is 1. The number of hydrogen-bond acceptors (Lipinski definition) is 3. The molecule has 1 unspecified atom stereocenters. The van der Waals surface area contributed by atoms with Crippen LogP contribution in [-0.4, -0.2) is 60.6 Å². The van der Waals surface area contributed by atoms with Gasteiger partial charge in [0.2, 0.25) is 0 Å². The van der Waals surface area contributed by atoms with Gasteiger partial charge in [-0.2, -0.15) is 0 Å². The first kappa shape index (κ1) is 13.6. The Bertz CT molecular complexity index is 270. The zero-order valence-electron chi connectivity index (χ0n) is 11.4. The topological polar surface area (TPSA) is 61.6 Å². The van der Waals surface area contributed by atoms with Gasteiger partial charge >= 0.3 is 6.03 Å². The fourth-order valence-corrected chi connectivity index (χ4v) is 2.95. The number of nitrogens with zero attached hydrogens (tertiary/aromatic N) is 2. The largest absolute Gasteiger partial charge is 0.351 e. The summed E-state index contributed by atoms with van der Waals surface area (Å²) in [4.78, 5) is 15.3. The molecule has 2 heterocycles. The Hall–Kier alpha value is -0.810. The Balaban J connectivity index is 1.64. The molecule has 2 amide bonds. The summed E-state index contributed by atoms with van der Waals surface area (Å²) in [5.41, 5.74) is 5.28. The number of nitrogens with two attached hydrogens (primary N) is 1. The fourth-order valence-electron chi connectivity index (χ4n) is 2.95. The van der Waals surface area contributed by atoms with Crippen LogP contribution in [0.3, 0.4) is 0 Å². The number of carbonyl (C=O) groups excluding carboxylic acids is 1. The van der Waals surface area contributed by atoms with Crippen molar-refractivity contribution in [2.75, 3.05) is 32.7 Å². The number of amides is 2. The van der Waals surface area contributed by atoms with Crippen molar-refractivity contribution < 1.29 is 4.79 Å². The zero-order chi connectivity index (χ0) is 13.0. The van der Waals surface area contributed by atoms with E-state index >= 15 is 0 Å². The molecule has 0 saturated carbocycles. The number of hydrogen-bond donors (Lipinski definition) is 2. The van der Waals surface area contributed by atoms with E-state index in [0.29, 0.717) is 12.1 Å². The lowest BCUT2D eigenvalue weighted by Gasteiger charge is -2.33. The quantitative estimate of drug-likeness (QED) is 0.772. The maximum absolute atomic E-state index is 11.0. The van der Waals surface area contributed by atoms with Gasteiger partial charge in [0, 0.05) is 31.7 Å². The van der Waals surface area contributed by atoms with E-state index in [1.165, 1.54) is 25.9 Å². The molecule has 2 rings (SSSR count). The minimum atomic E-state index is -0.279. The van der Waals surface area contributed by atoms with Crippen LogP contribution in [0.15, 0.2) is 0 Å². The third-order valence-electron chi connectivity index (χ3n) is 4.27. The van der Waals surface area contributed by atoms with Crippen LogP contribution in [0.5, 0.6) is 0 Å². The minimum Gasteiger partial charge on any atom is -0.351 e. The van der Waals surface area contributed by atoms with Crippen molar-refractivity contribution >= 4 is 6.03 Å². The number of rotatable bonds is 4. The first-order chi connectivity index (χ1) is 8.66. The van der Waals surface area contributed by atoms with E-state index in [0.717, 1.165) is 32.5 Å². The second-order valence-corrected chi connectivity index (χ2v) is 5.60. The molecule has 5 heteroatoms. The summed E-state index contributed by atoms with van der Waals surface area (Å²) in [6.45, 7) is 7.46. The van der Waals surface area contributed by atoms with Crippen molar-refractivity contribution in [1.82, 2.24) is 15.1 Å². The second-order valence-electron chi connectivity index (χ2n) is 5.60. The summed E-state index contributed by atoms with van der Waals surface area (Å²) in [7, 11) is 0. The van der Waals surface area contributed by atoms with Gasteiger partial charge in [-0.05, 0) is 45.7 Å². The molecule has 0 aliphatic carbocycles. The average molecular weight is 254 g/mol. The highest BCUT2D eigenvalue weighted by Gasteiger charge is 2.23. The van der Waals surface area contributed by atoms with E-state index in [9.17, 15) is 4.79 Å². The van der Waals surface area contributed by atoms with Crippen molar-refractivity contribution in [3.05, 3.63) is 0 Å². The molecule has 5 nitrogen and oxygen atoms in total. The molecule has 3 N–H and O–H groups in total. The predicted molar refractivity (Wildman–Crippen MR) is 72.5 cm³/mol. The van der Waals surface area contributed by atoms with Crippen LogP contribution >= 0.6 is 0 Å². The maximum atomic E-state index is 11.0. The first-order valence-corrected chi connectivity index (χ1v) is 7.18. The smallest absolute Gasteiger partial charge is 0.314 e. The maximum Gasteiger partial charge on any atom is 0.314 e. The summed E-state index contributed by atoms with van der Waals surface area (Å²) >= 11 is 0. The number of carbonyl (C=O) groups is 1. The summed E-state index contributed by atoms with van der Waals surface area (Å²) in [6, 6.07) is 0.895. The highest BCUT2D eigenvalue weighted by molar-refractivity contribution is 5.72. The average Bonchev–Trinajstić information content (AvgIpc) is 2.90. The Morgan fingerprint density at radius 2 is 1.89 bits per heavy atom. The SMILES string of the molecule is CC(CNC1CCN(C(N)=O)CC1)N1CCCC1. The summed E-state index contributed by atoms with van der Waals surface area (Å²) < 4.78 is 0. The van der Waals surface area contributed by atoms with Gasteiger partial charge in [-0.25, -0.2) is 4.79 Å². The molecule has 2 saturated heterocycles. The standard InChI is InChI=1S/C13H26N4O/c1-11(16-6-2-3-7-16)10-15-12-4-8-17(9-5-12)13(14)18/h11-12,15H,2-10H2,1H3,(H2,14,18). The Morgan fingerprint density at radius 1 is 1.28 bits per heavy atom. The van der Waals surface area contributed by atoms with Gasteiger partial charge in [0.25, 0.3) is 0 Å². The number of nitrogens with one attached hydrogen (secondary N) is 1. The van der Waals surface area contributed by atoms with Crippen LogP contribution in [0.1, 0.15) is 32.6 Å². The lowest BCUT2D eigenvalue weighted by Crippen LogP contribution is -2.49. The van der Waals surface area contributed by atoms with Crippen LogP contribution in [0.25, 0.3) is 0 Å². The second kappa shape index (κ2) is 6.38. The van der Waals surface area contributed by atoms with Gasteiger partial charge in [0.1, 0.15) is 0 Å². The molecule has 0 bridgehead atoms. The highest BCUT2D eigenvalue weighted by Crippen LogP contribution is 2.13. The van der Waals surface area contributed by atoms with Crippen LogP contribution in [-0.2, 0) is 0 Å². The summed E-state index contributed by atoms with van der Waals surface area (Å²) in [5.74, 6) is 0.